The highest BCUT2D eigenvalue weighted by atomic mass is 35.5. The summed E-state index contributed by atoms with van der Waals surface area (Å²) >= 11 is 16.3. The molecule has 154 valence electrons. The van der Waals surface area contributed by atoms with Gasteiger partial charge in [-0.3, -0.25) is 0 Å². The lowest BCUT2D eigenvalue weighted by molar-refractivity contribution is 0.0696. The number of aromatic nitrogens is 3. The first-order valence-electron chi connectivity index (χ1n) is 7.61. The number of aryl methyl sites for hydroxylation is 2. The third-order valence-electron chi connectivity index (χ3n) is 3.00. The van der Waals surface area contributed by atoms with Crippen molar-refractivity contribution in [1.29, 1.82) is 0 Å². The molecule has 0 bridgehead atoms. The Kier molecular flexibility index (Phi) is 9.80. The summed E-state index contributed by atoms with van der Waals surface area (Å²) in [5.74, 6) is -2.71. The lowest BCUT2D eigenvalue weighted by Gasteiger charge is -1.95. The normalized spacial score (nSPS) is 9.66. The maximum Gasteiger partial charge on any atom is 0.338 e. The molecule has 3 aromatic rings. The van der Waals surface area contributed by atoms with Crippen LogP contribution in [0.15, 0.2) is 36.8 Å². The van der Waals surface area contributed by atoms with Gasteiger partial charge in [-0.25, -0.2) is 32.9 Å². The molecule has 1 N–H and O–H groups in total. The number of nitrogens with zero attached hydrogens (tertiary/aromatic N) is 3. The SMILES string of the molecule is Cc1cc(F)cnc1Cl.Cc1cc(F)cnc1Cl.O=C(O)c1cc(F)cnc1Cl. The zero-order valence-electron chi connectivity index (χ0n) is 14.9. The summed E-state index contributed by atoms with van der Waals surface area (Å²) < 4.78 is 36.8. The van der Waals surface area contributed by atoms with Crippen molar-refractivity contribution in [2.75, 3.05) is 0 Å². The highest BCUT2D eigenvalue weighted by Crippen LogP contribution is 2.13. The van der Waals surface area contributed by atoms with Crippen molar-refractivity contribution in [3.8, 4) is 0 Å². The van der Waals surface area contributed by atoms with Crippen LogP contribution in [-0.4, -0.2) is 26.0 Å². The second-order valence-corrected chi connectivity index (χ2v) is 6.39. The highest BCUT2D eigenvalue weighted by molar-refractivity contribution is 6.32. The molecule has 0 fully saturated rings. The van der Waals surface area contributed by atoms with Gasteiger partial charge in [0.1, 0.15) is 32.9 Å². The fraction of sp³-hybridized carbons (Fsp3) is 0.111. The fourth-order valence-corrected chi connectivity index (χ4v) is 2.01. The second-order valence-electron chi connectivity index (χ2n) is 5.32. The average molecular weight is 467 g/mol. The molecular formula is C18H13Cl3F3N3O2. The maximum absolute atomic E-state index is 12.3. The third kappa shape index (κ3) is 8.64. The zero-order chi connectivity index (χ0) is 22.1. The number of rotatable bonds is 1. The topological polar surface area (TPSA) is 76.0 Å². The Morgan fingerprint density at radius 1 is 0.759 bits per heavy atom. The van der Waals surface area contributed by atoms with Gasteiger partial charge in [-0.2, -0.15) is 0 Å². The van der Waals surface area contributed by atoms with Crippen LogP contribution in [0.4, 0.5) is 13.2 Å². The Morgan fingerprint density at radius 2 is 1.10 bits per heavy atom. The number of hydrogen-bond acceptors (Lipinski definition) is 4. The van der Waals surface area contributed by atoms with Crippen LogP contribution in [0.3, 0.4) is 0 Å². The van der Waals surface area contributed by atoms with E-state index in [0.717, 1.165) is 24.7 Å². The van der Waals surface area contributed by atoms with Gasteiger partial charge in [0.25, 0.3) is 0 Å². The van der Waals surface area contributed by atoms with Gasteiger partial charge in [-0.1, -0.05) is 34.8 Å². The largest absolute Gasteiger partial charge is 0.478 e. The smallest absolute Gasteiger partial charge is 0.338 e. The molecule has 3 heterocycles. The van der Waals surface area contributed by atoms with Crippen LogP contribution in [-0.2, 0) is 0 Å². The van der Waals surface area contributed by atoms with E-state index in [1.165, 1.54) is 12.1 Å². The van der Waals surface area contributed by atoms with E-state index in [4.69, 9.17) is 39.9 Å². The van der Waals surface area contributed by atoms with Crippen molar-refractivity contribution in [2.24, 2.45) is 0 Å². The minimum absolute atomic E-state index is 0.209. The zero-order valence-corrected chi connectivity index (χ0v) is 17.2. The van der Waals surface area contributed by atoms with Crippen LogP contribution < -0.4 is 0 Å². The molecular weight excluding hydrogens is 454 g/mol. The van der Waals surface area contributed by atoms with E-state index in [-0.39, 0.29) is 22.4 Å². The summed E-state index contributed by atoms with van der Waals surface area (Å²) in [5, 5.41) is 8.91. The van der Waals surface area contributed by atoms with Crippen molar-refractivity contribution >= 4 is 40.8 Å². The summed E-state index contributed by atoms with van der Waals surface area (Å²) in [5.41, 5.74) is 1.00. The molecule has 3 rings (SSSR count). The van der Waals surface area contributed by atoms with Gasteiger partial charge < -0.3 is 5.11 Å². The first-order valence-corrected chi connectivity index (χ1v) is 8.74. The van der Waals surface area contributed by atoms with Crippen LogP contribution in [0.5, 0.6) is 0 Å². The molecule has 0 amide bonds. The first-order chi connectivity index (χ1) is 13.5. The van der Waals surface area contributed by atoms with Gasteiger partial charge in [0, 0.05) is 0 Å². The van der Waals surface area contributed by atoms with E-state index in [0.29, 0.717) is 21.4 Å². The number of carboxylic acids is 1. The minimum Gasteiger partial charge on any atom is -0.478 e. The Bertz CT molecular complexity index is 958. The minimum atomic E-state index is -1.29. The van der Waals surface area contributed by atoms with Gasteiger partial charge >= 0.3 is 5.97 Å². The van der Waals surface area contributed by atoms with E-state index in [2.05, 4.69) is 15.0 Å². The monoisotopic (exact) mass is 465 g/mol. The van der Waals surface area contributed by atoms with Crippen molar-refractivity contribution in [3.63, 3.8) is 0 Å². The van der Waals surface area contributed by atoms with Crippen molar-refractivity contribution in [2.45, 2.75) is 13.8 Å². The van der Waals surface area contributed by atoms with E-state index in [9.17, 15) is 18.0 Å². The fourth-order valence-electron chi connectivity index (χ4n) is 1.62. The molecule has 0 aliphatic rings. The number of hydrogen-bond donors (Lipinski definition) is 1. The Labute approximate surface area is 179 Å². The van der Waals surface area contributed by atoms with Crippen LogP contribution in [0.2, 0.25) is 15.5 Å². The van der Waals surface area contributed by atoms with E-state index in [1.807, 2.05) is 0 Å². The molecule has 0 aliphatic heterocycles. The summed E-state index contributed by atoms with van der Waals surface area (Å²) in [6, 6.07) is 3.50. The number of halogens is 6. The quantitative estimate of drug-likeness (QED) is 0.449. The lowest BCUT2D eigenvalue weighted by atomic mass is 10.3. The Balaban J connectivity index is 0.000000219. The number of carboxylic acid groups (broad SMARTS) is 1. The molecule has 3 aromatic heterocycles. The van der Waals surface area contributed by atoms with Gasteiger partial charge in [0.15, 0.2) is 0 Å². The van der Waals surface area contributed by atoms with Gasteiger partial charge in [0.05, 0.1) is 24.2 Å². The molecule has 0 spiro atoms. The number of aromatic carboxylic acids is 1. The Morgan fingerprint density at radius 3 is 1.38 bits per heavy atom. The van der Waals surface area contributed by atoms with E-state index >= 15 is 0 Å². The molecule has 0 radical (unpaired) electrons. The summed E-state index contributed by atoms with van der Waals surface area (Å²) in [6.45, 7) is 3.41. The van der Waals surface area contributed by atoms with Crippen LogP contribution >= 0.6 is 34.8 Å². The third-order valence-corrected chi connectivity index (χ3v) is 4.09. The molecule has 0 aliphatic carbocycles. The molecule has 5 nitrogen and oxygen atoms in total. The molecule has 0 saturated heterocycles. The summed E-state index contributed by atoms with van der Waals surface area (Å²) in [6.07, 6.45) is 3.04. The van der Waals surface area contributed by atoms with Crippen molar-refractivity contribution in [3.05, 3.63) is 86.4 Å². The standard InChI is InChI=1S/C6H3ClFNO2.2C6H5ClFN/c7-5-4(6(10)11)1-3(8)2-9-5;2*1-4-2-5(8)3-9-6(4)7/h1-2H,(H,10,11);2*2-3H,1H3. The Hall–Kier alpha value is -2.42. The molecule has 0 saturated carbocycles. The van der Waals surface area contributed by atoms with Crippen LogP contribution in [0.1, 0.15) is 21.5 Å². The summed E-state index contributed by atoms with van der Waals surface area (Å²) in [4.78, 5) is 20.7. The highest BCUT2D eigenvalue weighted by Gasteiger charge is 2.10. The van der Waals surface area contributed by atoms with Gasteiger partial charge in [0.2, 0.25) is 0 Å². The van der Waals surface area contributed by atoms with Crippen molar-refractivity contribution < 1.29 is 23.1 Å². The van der Waals surface area contributed by atoms with E-state index in [1.54, 1.807) is 13.8 Å². The molecule has 0 atom stereocenters. The second kappa shape index (κ2) is 11.5. The average Bonchev–Trinajstić information content (AvgIpc) is 2.65. The number of carbonyl (C=O) groups is 1. The first kappa shape index (κ1) is 24.6. The summed E-state index contributed by atoms with van der Waals surface area (Å²) in [7, 11) is 0. The molecule has 11 heteroatoms. The molecule has 0 unspecified atom stereocenters. The van der Waals surface area contributed by atoms with Crippen LogP contribution in [0, 0.1) is 31.3 Å². The lowest BCUT2D eigenvalue weighted by Crippen LogP contribution is -1.99. The predicted octanol–water partition coefficient (Wildman–Crippen LogP) is 5.94. The molecule has 29 heavy (non-hydrogen) atoms. The van der Waals surface area contributed by atoms with E-state index < -0.39 is 11.8 Å². The predicted molar refractivity (Wildman–Crippen MR) is 104 cm³/mol. The number of pyridine rings is 3. The maximum atomic E-state index is 12.3. The molecule has 0 aromatic carbocycles. The van der Waals surface area contributed by atoms with Gasteiger partial charge in [-0.15, -0.1) is 0 Å². The van der Waals surface area contributed by atoms with Crippen LogP contribution in [0.25, 0.3) is 0 Å². The van der Waals surface area contributed by atoms with Gasteiger partial charge in [-0.05, 0) is 43.2 Å². The van der Waals surface area contributed by atoms with Crippen molar-refractivity contribution in [1.82, 2.24) is 15.0 Å².